The van der Waals surface area contributed by atoms with Gasteiger partial charge in [-0.2, -0.15) is 0 Å². The van der Waals surface area contributed by atoms with E-state index in [0.29, 0.717) is 11.9 Å². The summed E-state index contributed by atoms with van der Waals surface area (Å²) in [5.41, 5.74) is 1.36. The lowest BCUT2D eigenvalue weighted by molar-refractivity contribution is -0.136. The van der Waals surface area contributed by atoms with Crippen molar-refractivity contribution in [3.05, 3.63) is 29.8 Å². The number of hydrogen-bond donors (Lipinski definition) is 0. The van der Waals surface area contributed by atoms with Crippen LogP contribution in [0.15, 0.2) is 24.3 Å². The maximum Gasteiger partial charge on any atom is 0.226 e. The predicted octanol–water partition coefficient (Wildman–Crippen LogP) is 2.99. The average Bonchev–Trinajstić information content (AvgIpc) is 3.29. The number of methoxy groups -OCH3 is 1. The van der Waals surface area contributed by atoms with E-state index in [1.165, 1.54) is 44.2 Å². The fourth-order valence-corrected chi connectivity index (χ4v) is 5.17. The van der Waals surface area contributed by atoms with E-state index in [2.05, 4.69) is 26.8 Å². The summed E-state index contributed by atoms with van der Waals surface area (Å²) >= 11 is 0. The predicted molar refractivity (Wildman–Crippen MR) is 111 cm³/mol. The molecule has 1 aromatic carbocycles. The Kier molecular flexibility index (Phi) is 6.53. The molecule has 0 spiro atoms. The SMILES string of the molecule is COc1ccc(CN2CCC(N3CCC[C@H](C(=O)N4CCCC4)C3)CC2)cc1. The third-order valence-corrected chi connectivity index (χ3v) is 6.86. The van der Waals surface area contributed by atoms with Gasteiger partial charge in [0.2, 0.25) is 5.91 Å². The molecule has 28 heavy (non-hydrogen) atoms. The topological polar surface area (TPSA) is 36.0 Å². The minimum Gasteiger partial charge on any atom is -0.497 e. The second-order valence-corrected chi connectivity index (χ2v) is 8.72. The zero-order valence-electron chi connectivity index (χ0n) is 17.3. The second-order valence-electron chi connectivity index (χ2n) is 8.72. The first kappa shape index (κ1) is 19.7. The summed E-state index contributed by atoms with van der Waals surface area (Å²) in [5.74, 6) is 1.59. The molecule has 3 fully saturated rings. The summed E-state index contributed by atoms with van der Waals surface area (Å²) in [6, 6.07) is 9.09. The average molecular weight is 386 g/mol. The Balaban J connectivity index is 1.25. The zero-order valence-corrected chi connectivity index (χ0v) is 17.3. The van der Waals surface area contributed by atoms with E-state index in [1.807, 2.05) is 12.1 Å². The van der Waals surface area contributed by atoms with E-state index in [1.54, 1.807) is 7.11 Å². The van der Waals surface area contributed by atoms with Gasteiger partial charge >= 0.3 is 0 Å². The van der Waals surface area contributed by atoms with Gasteiger partial charge in [0, 0.05) is 32.2 Å². The largest absolute Gasteiger partial charge is 0.497 e. The molecule has 154 valence electrons. The fraction of sp³-hybridized carbons (Fsp3) is 0.696. The van der Waals surface area contributed by atoms with Gasteiger partial charge < -0.3 is 9.64 Å². The summed E-state index contributed by atoms with van der Waals surface area (Å²) < 4.78 is 5.25. The lowest BCUT2D eigenvalue weighted by Gasteiger charge is -2.42. The normalized spacial score (nSPS) is 25.2. The molecule has 0 aromatic heterocycles. The van der Waals surface area contributed by atoms with Crippen LogP contribution < -0.4 is 4.74 Å². The molecule has 3 heterocycles. The number of amides is 1. The first-order valence-corrected chi connectivity index (χ1v) is 11.1. The Morgan fingerprint density at radius 1 is 0.964 bits per heavy atom. The number of benzene rings is 1. The first-order chi connectivity index (χ1) is 13.7. The summed E-state index contributed by atoms with van der Waals surface area (Å²) in [6.45, 7) is 7.45. The molecule has 4 rings (SSSR count). The molecule has 0 N–H and O–H groups in total. The van der Waals surface area contributed by atoms with Crippen LogP contribution in [-0.2, 0) is 11.3 Å². The minimum atomic E-state index is 0.240. The zero-order chi connectivity index (χ0) is 19.3. The van der Waals surface area contributed by atoms with Crippen molar-refractivity contribution in [1.82, 2.24) is 14.7 Å². The molecule has 0 saturated carbocycles. The molecule has 3 aliphatic heterocycles. The fourth-order valence-electron chi connectivity index (χ4n) is 5.17. The van der Waals surface area contributed by atoms with E-state index < -0.39 is 0 Å². The van der Waals surface area contributed by atoms with Crippen LogP contribution in [0.4, 0.5) is 0 Å². The molecular weight excluding hydrogens is 350 g/mol. The second kappa shape index (κ2) is 9.27. The Bertz CT molecular complexity index is 634. The van der Waals surface area contributed by atoms with E-state index >= 15 is 0 Å². The maximum atomic E-state index is 12.8. The number of likely N-dealkylation sites (tertiary alicyclic amines) is 3. The van der Waals surface area contributed by atoms with Gasteiger partial charge in [0.25, 0.3) is 0 Å². The summed E-state index contributed by atoms with van der Waals surface area (Å²) in [4.78, 5) is 20.1. The number of piperidine rings is 2. The van der Waals surface area contributed by atoms with Gasteiger partial charge in [-0.1, -0.05) is 12.1 Å². The Morgan fingerprint density at radius 2 is 1.68 bits per heavy atom. The smallest absolute Gasteiger partial charge is 0.226 e. The van der Waals surface area contributed by atoms with Gasteiger partial charge in [-0.3, -0.25) is 14.6 Å². The molecule has 3 saturated heterocycles. The van der Waals surface area contributed by atoms with Gasteiger partial charge in [-0.25, -0.2) is 0 Å². The third-order valence-electron chi connectivity index (χ3n) is 6.86. The highest BCUT2D eigenvalue weighted by Gasteiger charge is 2.34. The van der Waals surface area contributed by atoms with Gasteiger partial charge in [0.1, 0.15) is 5.75 Å². The molecule has 0 bridgehead atoms. The highest BCUT2D eigenvalue weighted by molar-refractivity contribution is 5.79. The van der Waals surface area contributed by atoms with Gasteiger partial charge in [0.05, 0.1) is 13.0 Å². The van der Waals surface area contributed by atoms with Crippen molar-refractivity contribution in [2.75, 3.05) is 46.4 Å². The molecule has 1 amide bonds. The van der Waals surface area contributed by atoms with E-state index in [9.17, 15) is 4.79 Å². The lowest BCUT2D eigenvalue weighted by Crippen LogP contribution is -2.51. The Labute approximate surface area is 169 Å². The highest BCUT2D eigenvalue weighted by Crippen LogP contribution is 2.26. The Hall–Kier alpha value is -1.59. The molecular formula is C23H35N3O2. The summed E-state index contributed by atoms with van der Waals surface area (Å²) in [7, 11) is 1.71. The highest BCUT2D eigenvalue weighted by atomic mass is 16.5. The summed E-state index contributed by atoms with van der Waals surface area (Å²) in [6.07, 6.45) is 7.09. The molecule has 0 aliphatic carbocycles. The van der Waals surface area contributed by atoms with Crippen LogP contribution in [0, 0.1) is 5.92 Å². The summed E-state index contributed by atoms with van der Waals surface area (Å²) in [5, 5.41) is 0. The van der Waals surface area contributed by atoms with Crippen LogP contribution in [-0.4, -0.2) is 73.0 Å². The molecule has 0 radical (unpaired) electrons. The van der Waals surface area contributed by atoms with Crippen molar-refractivity contribution >= 4 is 5.91 Å². The molecule has 1 atom stereocenters. The molecule has 3 aliphatic rings. The van der Waals surface area contributed by atoms with Gasteiger partial charge in [-0.15, -0.1) is 0 Å². The van der Waals surface area contributed by atoms with Crippen molar-refractivity contribution in [1.29, 1.82) is 0 Å². The lowest BCUT2D eigenvalue weighted by atomic mass is 9.93. The van der Waals surface area contributed by atoms with Gasteiger partial charge in [0.15, 0.2) is 0 Å². The van der Waals surface area contributed by atoms with E-state index in [0.717, 1.165) is 51.4 Å². The number of carbonyl (C=O) groups is 1. The molecule has 5 heteroatoms. The number of rotatable bonds is 5. The van der Waals surface area contributed by atoms with Crippen LogP contribution in [0.2, 0.25) is 0 Å². The van der Waals surface area contributed by atoms with Crippen LogP contribution in [0.3, 0.4) is 0 Å². The number of carbonyl (C=O) groups excluding carboxylic acids is 1. The van der Waals surface area contributed by atoms with Crippen LogP contribution in [0.25, 0.3) is 0 Å². The maximum absolute atomic E-state index is 12.8. The van der Waals surface area contributed by atoms with E-state index in [4.69, 9.17) is 4.74 Å². The first-order valence-electron chi connectivity index (χ1n) is 11.1. The van der Waals surface area contributed by atoms with E-state index in [-0.39, 0.29) is 5.92 Å². The van der Waals surface area contributed by atoms with Crippen LogP contribution in [0.5, 0.6) is 5.75 Å². The van der Waals surface area contributed by atoms with Crippen molar-refractivity contribution in [2.24, 2.45) is 5.92 Å². The monoisotopic (exact) mass is 385 g/mol. The third kappa shape index (κ3) is 4.69. The Morgan fingerprint density at radius 3 is 2.36 bits per heavy atom. The number of nitrogens with zero attached hydrogens (tertiary/aromatic N) is 3. The van der Waals surface area contributed by atoms with Crippen molar-refractivity contribution < 1.29 is 9.53 Å². The van der Waals surface area contributed by atoms with Crippen molar-refractivity contribution in [3.8, 4) is 5.75 Å². The molecule has 5 nitrogen and oxygen atoms in total. The van der Waals surface area contributed by atoms with Crippen molar-refractivity contribution in [2.45, 2.75) is 51.1 Å². The molecule has 0 unspecified atom stereocenters. The quantitative estimate of drug-likeness (QED) is 0.781. The van der Waals surface area contributed by atoms with Crippen molar-refractivity contribution in [3.63, 3.8) is 0 Å². The molecule has 1 aromatic rings. The van der Waals surface area contributed by atoms with Crippen LogP contribution in [0.1, 0.15) is 44.1 Å². The number of hydrogen-bond acceptors (Lipinski definition) is 4. The number of ether oxygens (including phenoxy) is 1. The standard InChI is InChI=1S/C23H35N3O2/c1-28-22-8-6-19(7-9-22)17-24-15-10-21(11-16-24)26-14-4-5-20(18-26)23(27)25-12-2-3-13-25/h6-9,20-21H,2-5,10-18H2,1H3/t20-/m0/s1. The van der Waals surface area contributed by atoms with Crippen LogP contribution >= 0.6 is 0 Å². The van der Waals surface area contributed by atoms with Gasteiger partial charge in [-0.05, 0) is 75.9 Å². The minimum absolute atomic E-state index is 0.240.